The molecule has 140 valence electrons. The number of nitrogens with one attached hydrogen (secondary N) is 2. The van der Waals surface area contributed by atoms with E-state index in [1.807, 2.05) is 0 Å². The Morgan fingerprint density at radius 1 is 1.35 bits per heavy atom. The molecule has 1 amide bonds. The zero-order chi connectivity index (χ0) is 17.9. The maximum Gasteiger partial charge on any atom is 0.269 e. The summed E-state index contributed by atoms with van der Waals surface area (Å²) >= 11 is 0. The van der Waals surface area contributed by atoms with Crippen LogP contribution in [0.2, 0.25) is 0 Å². The van der Waals surface area contributed by atoms with Gasteiger partial charge in [0.15, 0.2) is 0 Å². The van der Waals surface area contributed by atoms with Crippen LogP contribution in [0, 0.1) is 29.1 Å². The van der Waals surface area contributed by atoms with E-state index in [4.69, 9.17) is 0 Å². The number of H-pyrrole nitrogens is 1. The standard InChI is InChI=1S/C21H30N4O/c1-21(2)16-6-5-13(17(21)7-16)9-25-10-14-3-4-15(11-25)19(14)24-20(26)18-8-22-12-23-18/h5,8,12,14-17,19H,3-4,6-7,9-11H2,1-2H3,(H,22,23)(H,24,26)/t14-,15+,16-,17-,19?/m0/s1. The quantitative estimate of drug-likeness (QED) is 0.818. The van der Waals surface area contributed by atoms with E-state index in [2.05, 4.69) is 40.1 Å². The predicted octanol–water partition coefficient (Wildman–Crippen LogP) is 2.84. The lowest BCUT2D eigenvalue weighted by Crippen LogP contribution is -2.54. The summed E-state index contributed by atoms with van der Waals surface area (Å²) in [7, 11) is 0. The summed E-state index contributed by atoms with van der Waals surface area (Å²) in [6.45, 7) is 8.31. The second-order valence-corrected chi connectivity index (χ2v) is 9.58. The topological polar surface area (TPSA) is 61.0 Å². The van der Waals surface area contributed by atoms with Crippen LogP contribution in [-0.4, -0.2) is 46.5 Å². The lowest BCUT2D eigenvalue weighted by atomic mass is 9.49. The van der Waals surface area contributed by atoms with Gasteiger partial charge in [-0.3, -0.25) is 9.69 Å². The summed E-state index contributed by atoms with van der Waals surface area (Å²) in [6.07, 6.45) is 10.9. The van der Waals surface area contributed by atoms with Crippen molar-refractivity contribution in [3.05, 3.63) is 29.9 Å². The summed E-state index contributed by atoms with van der Waals surface area (Å²) in [6, 6.07) is 0.326. The van der Waals surface area contributed by atoms with E-state index in [0.29, 0.717) is 29.0 Å². The number of nitrogens with zero attached hydrogens (tertiary/aromatic N) is 2. The second kappa shape index (κ2) is 5.95. The molecule has 1 aromatic heterocycles. The average Bonchev–Trinajstić information content (AvgIpc) is 3.22. The number of fused-ring (bicyclic) bond motifs is 3. The van der Waals surface area contributed by atoms with Gasteiger partial charge in [-0.1, -0.05) is 25.5 Å². The molecule has 1 saturated heterocycles. The van der Waals surface area contributed by atoms with Gasteiger partial charge in [0.1, 0.15) is 5.69 Å². The van der Waals surface area contributed by atoms with Gasteiger partial charge in [-0.15, -0.1) is 0 Å². The van der Waals surface area contributed by atoms with Crippen LogP contribution in [0.3, 0.4) is 0 Å². The molecular weight excluding hydrogens is 324 g/mol. The number of rotatable bonds is 4. The van der Waals surface area contributed by atoms with Crippen LogP contribution < -0.4 is 5.32 Å². The number of carbonyl (C=O) groups excluding carboxylic acids is 1. The molecule has 26 heavy (non-hydrogen) atoms. The Kier molecular flexibility index (Phi) is 3.78. The monoisotopic (exact) mass is 354 g/mol. The maximum absolute atomic E-state index is 12.4. The normalized spacial score (nSPS) is 37.8. The molecule has 6 rings (SSSR count). The van der Waals surface area contributed by atoms with E-state index in [1.54, 1.807) is 18.1 Å². The first kappa shape index (κ1) is 16.5. The van der Waals surface area contributed by atoms with Crippen molar-refractivity contribution in [3.8, 4) is 0 Å². The van der Waals surface area contributed by atoms with Crippen molar-refractivity contribution in [1.29, 1.82) is 0 Å². The molecular formula is C21H30N4O. The van der Waals surface area contributed by atoms with Crippen LogP contribution in [-0.2, 0) is 0 Å². The van der Waals surface area contributed by atoms with E-state index < -0.39 is 0 Å². The molecule has 0 spiro atoms. The fourth-order valence-electron chi connectivity index (χ4n) is 6.21. The molecule has 2 heterocycles. The van der Waals surface area contributed by atoms with Crippen molar-refractivity contribution >= 4 is 5.91 Å². The molecule has 0 radical (unpaired) electrons. The number of aromatic nitrogens is 2. The molecule has 4 bridgehead atoms. The summed E-state index contributed by atoms with van der Waals surface area (Å²) in [5.41, 5.74) is 2.78. The van der Waals surface area contributed by atoms with E-state index in [-0.39, 0.29) is 5.91 Å². The molecule has 5 heteroatoms. The highest BCUT2D eigenvalue weighted by Crippen LogP contribution is 2.59. The number of imidazole rings is 1. The van der Waals surface area contributed by atoms with E-state index in [9.17, 15) is 4.79 Å². The van der Waals surface area contributed by atoms with Gasteiger partial charge in [-0.25, -0.2) is 4.98 Å². The van der Waals surface area contributed by atoms with Gasteiger partial charge in [-0.2, -0.15) is 0 Å². The molecule has 3 fully saturated rings. The lowest BCUT2D eigenvalue weighted by molar-refractivity contribution is -0.0125. The largest absolute Gasteiger partial charge is 0.347 e. The minimum absolute atomic E-state index is 0.00454. The van der Waals surface area contributed by atoms with Crippen molar-refractivity contribution in [2.45, 2.75) is 45.6 Å². The minimum atomic E-state index is -0.00454. The van der Waals surface area contributed by atoms with Crippen LogP contribution in [0.4, 0.5) is 0 Å². The summed E-state index contributed by atoms with van der Waals surface area (Å²) in [4.78, 5) is 21.9. The van der Waals surface area contributed by atoms with Gasteiger partial charge in [0.05, 0.1) is 12.5 Å². The summed E-state index contributed by atoms with van der Waals surface area (Å²) < 4.78 is 0. The number of piperidine rings is 1. The van der Waals surface area contributed by atoms with Crippen molar-refractivity contribution in [2.24, 2.45) is 29.1 Å². The number of allylic oxidation sites excluding steroid dienone is 1. The van der Waals surface area contributed by atoms with Gasteiger partial charge in [0.2, 0.25) is 0 Å². The number of aromatic amines is 1. The third-order valence-corrected chi connectivity index (χ3v) is 7.94. The van der Waals surface area contributed by atoms with Crippen LogP contribution in [0.5, 0.6) is 0 Å². The number of hydrogen-bond donors (Lipinski definition) is 2. The Labute approximate surface area is 155 Å². The minimum Gasteiger partial charge on any atom is -0.347 e. The number of amides is 1. The summed E-state index contributed by atoms with van der Waals surface area (Å²) in [5, 5.41) is 3.29. The van der Waals surface area contributed by atoms with Crippen LogP contribution >= 0.6 is 0 Å². The predicted molar refractivity (Wildman–Crippen MR) is 101 cm³/mol. The Hall–Kier alpha value is -1.62. The van der Waals surface area contributed by atoms with E-state index in [1.165, 1.54) is 25.7 Å². The fraction of sp³-hybridized carbons (Fsp3) is 0.714. The first-order chi connectivity index (χ1) is 12.5. The Morgan fingerprint density at radius 2 is 2.12 bits per heavy atom. The molecule has 2 saturated carbocycles. The Balaban J connectivity index is 1.22. The third-order valence-electron chi connectivity index (χ3n) is 7.94. The van der Waals surface area contributed by atoms with Crippen LogP contribution in [0.15, 0.2) is 24.2 Å². The van der Waals surface area contributed by atoms with Gasteiger partial charge >= 0.3 is 0 Å². The molecule has 5 aliphatic rings. The van der Waals surface area contributed by atoms with Gasteiger partial charge < -0.3 is 10.3 Å². The van der Waals surface area contributed by atoms with Crippen molar-refractivity contribution < 1.29 is 4.79 Å². The molecule has 1 aliphatic heterocycles. The van der Waals surface area contributed by atoms with E-state index >= 15 is 0 Å². The molecule has 1 aromatic rings. The maximum atomic E-state index is 12.4. The number of carbonyl (C=O) groups is 1. The third kappa shape index (κ3) is 2.55. The highest BCUT2D eigenvalue weighted by atomic mass is 16.2. The smallest absolute Gasteiger partial charge is 0.269 e. The molecule has 1 unspecified atom stereocenters. The highest BCUT2D eigenvalue weighted by Gasteiger charge is 2.51. The first-order valence-corrected chi connectivity index (χ1v) is 10.2. The molecule has 4 aliphatic carbocycles. The van der Waals surface area contributed by atoms with Crippen molar-refractivity contribution in [3.63, 3.8) is 0 Å². The molecule has 5 nitrogen and oxygen atoms in total. The number of likely N-dealkylation sites (tertiary alicyclic amines) is 1. The van der Waals surface area contributed by atoms with Gasteiger partial charge in [-0.05, 0) is 54.8 Å². The van der Waals surface area contributed by atoms with Crippen molar-refractivity contribution in [2.75, 3.05) is 19.6 Å². The molecule has 0 aromatic carbocycles. The summed E-state index contributed by atoms with van der Waals surface area (Å²) in [5.74, 6) is 2.89. The van der Waals surface area contributed by atoms with E-state index in [0.717, 1.165) is 31.5 Å². The van der Waals surface area contributed by atoms with Crippen molar-refractivity contribution in [1.82, 2.24) is 20.2 Å². The molecule has 2 N–H and O–H groups in total. The zero-order valence-electron chi connectivity index (χ0n) is 15.9. The first-order valence-electron chi connectivity index (χ1n) is 10.2. The van der Waals surface area contributed by atoms with Gasteiger partial charge in [0, 0.05) is 25.7 Å². The second-order valence-electron chi connectivity index (χ2n) is 9.58. The van der Waals surface area contributed by atoms with Crippen LogP contribution in [0.25, 0.3) is 0 Å². The fourth-order valence-corrected chi connectivity index (χ4v) is 6.21. The Bertz CT molecular complexity index is 708. The lowest BCUT2D eigenvalue weighted by Gasteiger charge is -2.57. The SMILES string of the molecule is CC1(C)[C@H]2CC=C(CN3C[C@H]4CC[C@@H](C3)C4NC(=O)c3cnc[nH]3)[C@@H]1C2. The number of hydrogen-bond acceptors (Lipinski definition) is 3. The molecule has 5 atom stereocenters. The zero-order valence-corrected chi connectivity index (χ0v) is 15.9. The van der Waals surface area contributed by atoms with Gasteiger partial charge in [0.25, 0.3) is 5.91 Å². The highest BCUT2D eigenvalue weighted by molar-refractivity contribution is 5.92. The average molecular weight is 354 g/mol. The Morgan fingerprint density at radius 3 is 2.73 bits per heavy atom. The van der Waals surface area contributed by atoms with Crippen LogP contribution in [0.1, 0.15) is 50.0 Å².